The second-order valence-corrected chi connectivity index (χ2v) is 10.5. The lowest BCUT2D eigenvalue weighted by atomic mass is 9.95. The van der Waals surface area contributed by atoms with Crippen LogP contribution < -0.4 is 30.3 Å². The maximum absolute atomic E-state index is 12.6. The number of nitrogens with one attached hydrogen (secondary N) is 3. The van der Waals surface area contributed by atoms with E-state index >= 15 is 0 Å². The molecule has 0 saturated carbocycles. The van der Waals surface area contributed by atoms with Gasteiger partial charge in [0.15, 0.2) is 18.1 Å². The van der Waals surface area contributed by atoms with Crippen LogP contribution in [0.25, 0.3) is 0 Å². The first kappa shape index (κ1) is 31.0. The number of urea groups is 1. The number of carbonyl (C=O) groups excluding carboxylic acids is 3. The van der Waals surface area contributed by atoms with Gasteiger partial charge in [-0.25, -0.2) is 15.0 Å². The molecule has 1 aliphatic heterocycles. The predicted octanol–water partition coefficient (Wildman–Crippen LogP) is 4.73. The maximum atomic E-state index is 12.6. The smallest absolute Gasteiger partial charge is 0.338 e. The molecule has 2 aromatic carbocycles. The Bertz CT molecular complexity index is 1340. The van der Waals surface area contributed by atoms with Crippen LogP contribution in [0, 0.1) is 0 Å². The number of ether oxygens (including phenoxy) is 4. The molecule has 0 aliphatic carbocycles. The molecule has 214 valence electrons. The molecule has 0 unspecified atom stereocenters. The molecule has 1 heterocycles. The van der Waals surface area contributed by atoms with Crippen LogP contribution in [-0.2, 0) is 14.3 Å². The Morgan fingerprint density at radius 3 is 2.60 bits per heavy atom. The topological polar surface area (TPSA) is 137 Å². The first-order valence-corrected chi connectivity index (χ1v) is 13.9. The number of esters is 1. The van der Waals surface area contributed by atoms with Gasteiger partial charge in [-0.3, -0.25) is 4.79 Å². The second-order valence-electron chi connectivity index (χ2n) is 8.76. The molecule has 11 nitrogen and oxygen atoms in total. The van der Waals surface area contributed by atoms with Crippen molar-refractivity contribution >= 4 is 56.0 Å². The van der Waals surface area contributed by atoms with Crippen LogP contribution in [0.15, 0.2) is 55.6 Å². The fourth-order valence-corrected chi connectivity index (χ4v) is 5.14. The molecule has 2 aromatic rings. The summed E-state index contributed by atoms with van der Waals surface area (Å²) in [6.45, 7) is 6.99. The molecule has 1 atom stereocenters. The lowest BCUT2D eigenvalue weighted by Crippen LogP contribution is -2.45. The van der Waals surface area contributed by atoms with E-state index in [1.165, 1.54) is 13.3 Å². The van der Waals surface area contributed by atoms with E-state index in [0.717, 1.165) is 8.95 Å². The SMILES string of the molecule is CCOC(=O)C1=C(C)NC(=O)N[C@@H]1c1ccc(OCC(=O)N/N=C/c2cc(Br)cc(Br)c2OC(C)C)c(OC)c1. The van der Waals surface area contributed by atoms with Crippen molar-refractivity contribution in [3.05, 3.63) is 61.7 Å². The number of hydrazone groups is 1. The summed E-state index contributed by atoms with van der Waals surface area (Å²) in [5, 5.41) is 9.34. The van der Waals surface area contributed by atoms with Gasteiger partial charge < -0.3 is 29.6 Å². The number of halogens is 2. The molecule has 0 bridgehead atoms. The van der Waals surface area contributed by atoms with Gasteiger partial charge in [-0.05, 0) is 73.5 Å². The first-order valence-electron chi connectivity index (χ1n) is 12.3. The number of hydrogen-bond acceptors (Lipinski definition) is 8. The normalized spacial score (nSPS) is 15.0. The monoisotopic (exact) mass is 680 g/mol. The Labute approximate surface area is 248 Å². The number of allylic oxidation sites excluding steroid dienone is 1. The van der Waals surface area contributed by atoms with Gasteiger partial charge >= 0.3 is 12.0 Å². The molecule has 40 heavy (non-hydrogen) atoms. The van der Waals surface area contributed by atoms with Crippen LogP contribution in [0.5, 0.6) is 17.2 Å². The zero-order chi connectivity index (χ0) is 29.4. The Morgan fingerprint density at radius 1 is 1.18 bits per heavy atom. The Morgan fingerprint density at radius 2 is 1.93 bits per heavy atom. The molecule has 3 N–H and O–H groups in total. The van der Waals surface area contributed by atoms with Crippen molar-refractivity contribution in [2.45, 2.75) is 39.8 Å². The number of amides is 3. The highest BCUT2D eigenvalue weighted by Gasteiger charge is 2.32. The predicted molar refractivity (Wildman–Crippen MR) is 156 cm³/mol. The highest BCUT2D eigenvalue weighted by molar-refractivity contribution is 9.11. The Hall–Kier alpha value is -3.58. The van der Waals surface area contributed by atoms with Crippen molar-refractivity contribution in [3.63, 3.8) is 0 Å². The zero-order valence-electron chi connectivity index (χ0n) is 22.6. The van der Waals surface area contributed by atoms with E-state index in [2.05, 4.69) is 53.0 Å². The van der Waals surface area contributed by atoms with Gasteiger partial charge in [-0.15, -0.1) is 0 Å². The van der Waals surface area contributed by atoms with Gasteiger partial charge in [-0.2, -0.15) is 5.10 Å². The van der Waals surface area contributed by atoms with Gasteiger partial charge in [0.25, 0.3) is 5.91 Å². The largest absolute Gasteiger partial charge is 0.493 e. The first-order chi connectivity index (χ1) is 19.0. The summed E-state index contributed by atoms with van der Waals surface area (Å²) in [6.07, 6.45) is 1.42. The standard InChI is InChI=1S/C27H30Br2N4O7/c1-6-38-26(35)23-15(4)31-27(36)32-24(23)16-7-8-20(21(10-16)37-5)39-13-22(34)33-30-12-17-9-18(28)11-19(29)25(17)40-14(2)3/h7-12,14,24H,6,13H2,1-5H3,(H,33,34)(H2,31,32,36)/b30-12+/t24-/m1/s1. The molecule has 1 aliphatic rings. The summed E-state index contributed by atoms with van der Waals surface area (Å²) >= 11 is 6.92. The summed E-state index contributed by atoms with van der Waals surface area (Å²) in [6, 6.07) is 7.32. The van der Waals surface area contributed by atoms with Gasteiger partial charge in [0.2, 0.25) is 0 Å². The van der Waals surface area contributed by atoms with Crippen molar-refractivity contribution in [3.8, 4) is 17.2 Å². The molecule has 13 heteroatoms. The van der Waals surface area contributed by atoms with E-state index in [1.807, 2.05) is 26.0 Å². The highest BCUT2D eigenvalue weighted by Crippen LogP contribution is 2.35. The third kappa shape index (κ3) is 7.98. The third-order valence-corrected chi connectivity index (χ3v) is 6.47. The number of carbonyl (C=O) groups is 3. The molecule has 0 fully saturated rings. The van der Waals surface area contributed by atoms with Crippen LogP contribution in [-0.4, -0.2) is 50.5 Å². The number of rotatable bonds is 11. The van der Waals surface area contributed by atoms with E-state index in [9.17, 15) is 14.4 Å². The van der Waals surface area contributed by atoms with E-state index in [4.69, 9.17) is 18.9 Å². The lowest BCUT2D eigenvalue weighted by Gasteiger charge is -2.28. The second kappa shape index (κ2) is 14.2. The molecule has 0 spiro atoms. The van der Waals surface area contributed by atoms with Gasteiger partial charge in [0.1, 0.15) is 5.75 Å². The lowest BCUT2D eigenvalue weighted by molar-refractivity contribution is -0.139. The molecule has 3 amide bonds. The van der Waals surface area contributed by atoms with Crippen LogP contribution in [0.2, 0.25) is 0 Å². The van der Waals surface area contributed by atoms with E-state index in [1.54, 1.807) is 32.0 Å². The highest BCUT2D eigenvalue weighted by atomic mass is 79.9. The summed E-state index contributed by atoms with van der Waals surface area (Å²) in [5.74, 6) is 0.131. The minimum absolute atomic E-state index is 0.0585. The summed E-state index contributed by atoms with van der Waals surface area (Å²) in [5.41, 5.74) is 4.31. The van der Waals surface area contributed by atoms with Gasteiger partial charge in [0.05, 0.1) is 42.1 Å². The molecule has 0 radical (unpaired) electrons. The average molecular weight is 682 g/mol. The molecular weight excluding hydrogens is 652 g/mol. The number of methoxy groups -OCH3 is 1. The van der Waals surface area contributed by atoms with Crippen molar-refractivity contribution < 1.29 is 33.3 Å². The van der Waals surface area contributed by atoms with E-state index < -0.39 is 23.9 Å². The fraction of sp³-hybridized carbons (Fsp3) is 0.333. The number of hydrogen-bond donors (Lipinski definition) is 3. The van der Waals surface area contributed by atoms with Crippen molar-refractivity contribution in [2.24, 2.45) is 5.10 Å². The Kier molecular flexibility index (Phi) is 11.0. The van der Waals surface area contributed by atoms with Crippen LogP contribution in [0.3, 0.4) is 0 Å². The van der Waals surface area contributed by atoms with Crippen molar-refractivity contribution in [2.75, 3.05) is 20.3 Å². The molecule has 0 aromatic heterocycles. The Balaban J connectivity index is 1.70. The average Bonchev–Trinajstić information content (AvgIpc) is 2.88. The van der Waals surface area contributed by atoms with Gasteiger partial charge in [0, 0.05) is 15.7 Å². The van der Waals surface area contributed by atoms with Crippen LogP contribution >= 0.6 is 31.9 Å². The van der Waals surface area contributed by atoms with Crippen molar-refractivity contribution in [1.82, 2.24) is 16.1 Å². The zero-order valence-corrected chi connectivity index (χ0v) is 25.8. The third-order valence-electron chi connectivity index (χ3n) is 5.43. The van der Waals surface area contributed by atoms with E-state index in [-0.39, 0.29) is 30.6 Å². The molecular formula is C27H30Br2N4O7. The minimum atomic E-state index is -0.768. The van der Waals surface area contributed by atoms with Crippen LogP contribution in [0.4, 0.5) is 4.79 Å². The summed E-state index contributed by atoms with van der Waals surface area (Å²) in [7, 11) is 1.44. The molecule has 3 rings (SSSR count). The van der Waals surface area contributed by atoms with E-state index in [0.29, 0.717) is 28.3 Å². The van der Waals surface area contributed by atoms with Crippen molar-refractivity contribution in [1.29, 1.82) is 0 Å². The summed E-state index contributed by atoms with van der Waals surface area (Å²) in [4.78, 5) is 37.1. The molecule has 0 saturated heterocycles. The fourth-order valence-electron chi connectivity index (χ4n) is 3.79. The minimum Gasteiger partial charge on any atom is -0.493 e. The quantitative estimate of drug-likeness (QED) is 0.177. The van der Waals surface area contributed by atoms with Crippen LogP contribution in [0.1, 0.15) is 44.9 Å². The van der Waals surface area contributed by atoms with Gasteiger partial charge in [-0.1, -0.05) is 22.0 Å². The summed E-state index contributed by atoms with van der Waals surface area (Å²) < 4.78 is 23.7. The maximum Gasteiger partial charge on any atom is 0.338 e. The number of nitrogens with zero attached hydrogens (tertiary/aromatic N) is 1. The number of benzene rings is 2.